The lowest BCUT2D eigenvalue weighted by Crippen LogP contribution is -2.48. The predicted octanol–water partition coefficient (Wildman–Crippen LogP) is 2.42. The molecule has 2 amide bonds. The molecule has 1 unspecified atom stereocenters. The number of hydrogen-bond donors (Lipinski definition) is 1. The van der Waals surface area contributed by atoms with Crippen molar-refractivity contribution in [2.45, 2.75) is 32.7 Å². The molecule has 0 bridgehead atoms. The molecule has 1 aliphatic heterocycles. The number of nitrogens with one attached hydrogen (secondary N) is 1. The van der Waals surface area contributed by atoms with Crippen LogP contribution in [0.3, 0.4) is 0 Å². The Morgan fingerprint density at radius 1 is 1.35 bits per heavy atom. The molecular formula is C15H19BrN2O2. The van der Waals surface area contributed by atoms with E-state index in [-0.39, 0.29) is 17.9 Å². The smallest absolute Gasteiger partial charge is 0.251 e. The zero-order valence-corrected chi connectivity index (χ0v) is 13.6. The number of amides is 2. The summed E-state index contributed by atoms with van der Waals surface area (Å²) in [6.45, 7) is 4.47. The van der Waals surface area contributed by atoms with Crippen molar-refractivity contribution < 1.29 is 9.59 Å². The van der Waals surface area contributed by atoms with Crippen molar-refractivity contribution in [3.63, 3.8) is 0 Å². The second kappa shape index (κ2) is 5.95. The lowest BCUT2D eigenvalue weighted by atomic mass is 10.0. The normalized spacial score (nSPS) is 19.1. The third kappa shape index (κ3) is 3.20. The first-order valence-corrected chi connectivity index (χ1v) is 7.49. The van der Waals surface area contributed by atoms with Crippen molar-refractivity contribution in [3.05, 3.63) is 33.3 Å². The van der Waals surface area contributed by atoms with Gasteiger partial charge in [0.15, 0.2) is 0 Å². The second-order valence-corrected chi connectivity index (χ2v) is 6.25. The first-order chi connectivity index (χ1) is 9.38. The van der Waals surface area contributed by atoms with E-state index in [2.05, 4.69) is 21.2 Å². The highest BCUT2D eigenvalue weighted by molar-refractivity contribution is 9.10. The highest BCUT2D eigenvalue weighted by Crippen LogP contribution is 2.21. The summed E-state index contributed by atoms with van der Waals surface area (Å²) in [5, 5.41) is 3.03. The Morgan fingerprint density at radius 2 is 2.05 bits per heavy atom. The van der Waals surface area contributed by atoms with Gasteiger partial charge in [-0.05, 0) is 43.5 Å². The summed E-state index contributed by atoms with van der Waals surface area (Å²) in [6, 6.07) is 3.89. The van der Waals surface area contributed by atoms with Gasteiger partial charge in [-0.3, -0.25) is 9.59 Å². The van der Waals surface area contributed by atoms with Crippen molar-refractivity contribution in [2.75, 3.05) is 13.6 Å². The second-order valence-electron chi connectivity index (χ2n) is 5.40. The average Bonchev–Trinajstić information content (AvgIpc) is 2.38. The molecule has 1 N–H and O–H groups in total. The van der Waals surface area contributed by atoms with Crippen LogP contribution in [-0.4, -0.2) is 36.3 Å². The third-order valence-electron chi connectivity index (χ3n) is 3.71. The number of halogens is 1. The number of carbonyl (C=O) groups is 2. The predicted molar refractivity (Wildman–Crippen MR) is 81.7 cm³/mol. The molecule has 5 heteroatoms. The number of rotatable bonds is 2. The highest BCUT2D eigenvalue weighted by Gasteiger charge is 2.24. The lowest BCUT2D eigenvalue weighted by Gasteiger charge is -2.30. The maximum absolute atomic E-state index is 12.4. The summed E-state index contributed by atoms with van der Waals surface area (Å²) >= 11 is 3.47. The summed E-state index contributed by atoms with van der Waals surface area (Å²) in [5.41, 5.74) is 2.68. The molecule has 20 heavy (non-hydrogen) atoms. The molecule has 1 aliphatic rings. The molecule has 0 spiro atoms. The summed E-state index contributed by atoms with van der Waals surface area (Å²) in [5.74, 6) is 0.0806. The largest absolute Gasteiger partial charge is 0.348 e. The first-order valence-electron chi connectivity index (χ1n) is 6.70. The molecule has 1 heterocycles. The van der Waals surface area contributed by atoms with E-state index in [1.54, 1.807) is 11.9 Å². The molecule has 0 aliphatic carbocycles. The van der Waals surface area contributed by atoms with Crippen LogP contribution in [0.25, 0.3) is 0 Å². The topological polar surface area (TPSA) is 49.4 Å². The molecule has 1 fully saturated rings. The van der Waals surface area contributed by atoms with E-state index < -0.39 is 0 Å². The van der Waals surface area contributed by atoms with Gasteiger partial charge in [0.2, 0.25) is 5.91 Å². The van der Waals surface area contributed by atoms with E-state index in [0.29, 0.717) is 24.9 Å². The number of likely N-dealkylation sites (N-methyl/N-ethyl adjacent to an activating group) is 1. The Bertz CT molecular complexity index is 557. The van der Waals surface area contributed by atoms with Crippen LogP contribution in [0.2, 0.25) is 0 Å². The quantitative estimate of drug-likeness (QED) is 0.900. The van der Waals surface area contributed by atoms with E-state index in [0.717, 1.165) is 15.6 Å². The summed E-state index contributed by atoms with van der Waals surface area (Å²) in [4.78, 5) is 25.5. The molecular weight excluding hydrogens is 320 g/mol. The summed E-state index contributed by atoms with van der Waals surface area (Å²) < 4.78 is 1.01. The van der Waals surface area contributed by atoms with E-state index in [1.807, 2.05) is 26.0 Å². The van der Waals surface area contributed by atoms with Crippen LogP contribution in [0.15, 0.2) is 16.6 Å². The Labute approximate surface area is 127 Å². The summed E-state index contributed by atoms with van der Waals surface area (Å²) in [7, 11) is 1.77. The van der Waals surface area contributed by atoms with Gasteiger partial charge in [-0.25, -0.2) is 0 Å². The molecule has 0 aromatic heterocycles. The van der Waals surface area contributed by atoms with Crippen molar-refractivity contribution in [1.29, 1.82) is 0 Å². The van der Waals surface area contributed by atoms with E-state index in [4.69, 9.17) is 0 Å². The molecule has 1 aromatic carbocycles. The minimum absolute atomic E-state index is 0.0357. The number of piperidine rings is 1. The molecule has 4 nitrogen and oxygen atoms in total. The standard InChI is InChI=1S/C15H19BrN2O2/c1-9-7-13(16)10(2)6-12(9)15(20)17-11-4-5-14(19)18(3)8-11/h6-7,11H,4-5,8H2,1-3H3,(H,17,20). The number of benzene rings is 1. The number of likely N-dealkylation sites (tertiary alicyclic amines) is 1. The third-order valence-corrected chi connectivity index (χ3v) is 4.57. The SMILES string of the molecule is Cc1cc(C(=O)NC2CCC(=O)N(C)C2)c(C)cc1Br. The van der Waals surface area contributed by atoms with Crippen LogP contribution in [-0.2, 0) is 4.79 Å². The van der Waals surface area contributed by atoms with Gasteiger partial charge in [-0.2, -0.15) is 0 Å². The van der Waals surface area contributed by atoms with Crippen molar-refractivity contribution in [3.8, 4) is 0 Å². The molecule has 2 rings (SSSR count). The highest BCUT2D eigenvalue weighted by atomic mass is 79.9. The maximum Gasteiger partial charge on any atom is 0.251 e. The summed E-state index contributed by atoms with van der Waals surface area (Å²) in [6.07, 6.45) is 1.21. The molecule has 0 radical (unpaired) electrons. The molecule has 0 saturated carbocycles. The van der Waals surface area contributed by atoms with Crippen LogP contribution in [0, 0.1) is 13.8 Å². The van der Waals surface area contributed by atoms with Crippen LogP contribution in [0.1, 0.15) is 34.3 Å². The monoisotopic (exact) mass is 338 g/mol. The van der Waals surface area contributed by atoms with Gasteiger partial charge in [0.05, 0.1) is 0 Å². The first kappa shape index (κ1) is 15.0. The fourth-order valence-corrected chi connectivity index (χ4v) is 2.88. The minimum Gasteiger partial charge on any atom is -0.348 e. The Hall–Kier alpha value is -1.36. The fourth-order valence-electron chi connectivity index (χ4n) is 2.42. The van der Waals surface area contributed by atoms with E-state index in [9.17, 15) is 9.59 Å². The number of nitrogens with zero attached hydrogens (tertiary/aromatic N) is 1. The van der Waals surface area contributed by atoms with Gasteiger partial charge in [0.1, 0.15) is 0 Å². The van der Waals surface area contributed by atoms with Crippen molar-refractivity contribution in [2.24, 2.45) is 0 Å². The molecule has 108 valence electrons. The van der Waals surface area contributed by atoms with Crippen LogP contribution < -0.4 is 5.32 Å². The minimum atomic E-state index is -0.0640. The van der Waals surface area contributed by atoms with Gasteiger partial charge < -0.3 is 10.2 Å². The molecule has 1 saturated heterocycles. The number of aryl methyl sites for hydroxylation is 2. The zero-order valence-electron chi connectivity index (χ0n) is 12.0. The molecule has 1 aromatic rings. The average molecular weight is 339 g/mol. The van der Waals surface area contributed by atoms with Gasteiger partial charge in [-0.15, -0.1) is 0 Å². The van der Waals surface area contributed by atoms with Crippen LogP contribution in [0.4, 0.5) is 0 Å². The van der Waals surface area contributed by atoms with Gasteiger partial charge >= 0.3 is 0 Å². The molecule has 1 atom stereocenters. The van der Waals surface area contributed by atoms with Gasteiger partial charge in [0.25, 0.3) is 5.91 Å². The van der Waals surface area contributed by atoms with E-state index in [1.165, 1.54) is 0 Å². The van der Waals surface area contributed by atoms with Crippen LogP contribution >= 0.6 is 15.9 Å². The van der Waals surface area contributed by atoms with Crippen LogP contribution in [0.5, 0.6) is 0 Å². The zero-order chi connectivity index (χ0) is 14.9. The van der Waals surface area contributed by atoms with Crippen molar-refractivity contribution in [1.82, 2.24) is 10.2 Å². The van der Waals surface area contributed by atoms with Crippen molar-refractivity contribution >= 4 is 27.7 Å². The number of hydrogen-bond acceptors (Lipinski definition) is 2. The maximum atomic E-state index is 12.4. The fraction of sp³-hybridized carbons (Fsp3) is 0.467. The number of carbonyl (C=O) groups excluding carboxylic acids is 2. The Balaban J connectivity index is 2.09. The Morgan fingerprint density at radius 3 is 2.70 bits per heavy atom. The Kier molecular flexibility index (Phi) is 4.48. The van der Waals surface area contributed by atoms with E-state index >= 15 is 0 Å². The van der Waals surface area contributed by atoms with Gasteiger partial charge in [0, 0.05) is 36.1 Å². The van der Waals surface area contributed by atoms with Gasteiger partial charge in [-0.1, -0.05) is 15.9 Å². The lowest BCUT2D eigenvalue weighted by molar-refractivity contribution is -0.132.